The third-order valence-electron chi connectivity index (χ3n) is 3.60. The summed E-state index contributed by atoms with van der Waals surface area (Å²) in [5.74, 6) is 0. The normalized spacial score (nSPS) is 25.5. The van der Waals surface area contributed by atoms with E-state index in [1.165, 1.54) is 16.7 Å². The Morgan fingerprint density at radius 1 is 1.23 bits per heavy atom. The van der Waals surface area contributed by atoms with Gasteiger partial charge in [-0.05, 0) is 30.9 Å². The summed E-state index contributed by atoms with van der Waals surface area (Å²) in [5.41, 5.74) is 11.6. The van der Waals surface area contributed by atoms with E-state index in [1.54, 1.807) is 0 Å². The van der Waals surface area contributed by atoms with Crippen LogP contribution in [0.25, 0.3) is 0 Å². The van der Waals surface area contributed by atoms with Gasteiger partial charge in [-0.3, -0.25) is 0 Å². The Morgan fingerprint density at radius 3 is 2.46 bits per heavy atom. The molecule has 1 nitrogen and oxygen atoms in total. The van der Waals surface area contributed by atoms with Crippen LogP contribution in [0, 0.1) is 5.41 Å². The molecule has 0 bridgehead atoms. The minimum Gasteiger partial charge on any atom is -0.399 e. The van der Waals surface area contributed by atoms with Crippen molar-refractivity contribution >= 4 is 0 Å². The minimum atomic E-state index is 0.199. The van der Waals surface area contributed by atoms with Gasteiger partial charge >= 0.3 is 0 Å². The largest absolute Gasteiger partial charge is 0.399 e. The fourth-order valence-electron chi connectivity index (χ4n) is 2.34. The molecule has 0 fully saturated rings. The molecule has 2 aliphatic carbocycles. The van der Waals surface area contributed by atoms with Crippen LogP contribution in [0.3, 0.4) is 0 Å². The molecule has 0 atom stereocenters. The zero-order chi connectivity index (χ0) is 9.64. The summed E-state index contributed by atoms with van der Waals surface area (Å²) < 4.78 is 0. The lowest BCUT2D eigenvalue weighted by molar-refractivity contribution is 0.534. The monoisotopic (exact) mass is 175 g/mol. The van der Waals surface area contributed by atoms with Crippen molar-refractivity contribution in [1.29, 1.82) is 0 Å². The maximum atomic E-state index is 6.10. The molecule has 2 aliphatic rings. The summed E-state index contributed by atoms with van der Waals surface area (Å²) in [6.45, 7) is 6.71. The SMILES string of the molecule is CC1=C(N)C2=C(CC=CC2)C1(C)C. The van der Waals surface area contributed by atoms with E-state index in [1.807, 2.05) is 0 Å². The Bertz CT molecular complexity index is 340. The highest BCUT2D eigenvalue weighted by molar-refractivity contribution is 5.53. The maximum absolute atomic E-state index is 6.10. The number of rotatable bonds is 0. The van der Waals surface area contributed by atoms with Gasteiger partial charge in [0.15, 0.2) is 0 Å². The average Bonchev–Trinajstić information content (AvgIpc) is 2.30. The van der Waals surface area contributed by atoms with Gasteiger partial charge < -0.3 is 5.73 Å². The first-order valence-electron chi connectivity index (χ1n) is 4.90. The van der Waals surface area contributed by atoms with Gasteiger partial charge in [0.05, 0.1) is 0 Å². The smallest absolute Gasteiger partial charge is 0.0347 e. The van der Waals surface area contributed by atoms with E-state index in [2.05, 4.69) is 32.9 Å². The van der Waals surface area contributed by atoms with Crippen molar-refractivity contribution in [2.24, 2.45) is 11.1 Å². The van der Waals surface area contributed by atoms with Crippen molar-refractivity contribution in [1.82, 2.24) is 0 Å². The van der Waals surface area contributed by atoms with E-state index in [0.29, 0.717) is 0 Å². The lowest BCUT2D eigenvalue weighted by Crippen LogP contribution is -2.14. The first-order chi connectivity index (χ1) is 6.05. The summed E-state index contributed by atoms with van der Waals surface area (Å²) in [6.07, 6.45) is 6.59. The Morgan fingerprint density at radius 2 is 1.85 bits per heavy atom. The van der Waals surface area contributed by atoms with Crippen LogP contribution in [0.15, 0.2) is 34.6 Å². The quantitative estimate of drug-likeness (QED) is 0.563. The lowest BCUT2D eigenvalue weighted by atomic mass is 9.78. The number of hydrogen-bond donors (Lipinski definition) is 1. The lowest BCUT2D eigenvalue weighted by Gasteiger charge is -2.25. The van der Waals surface area contributed by atoms with Crippen molar-refractivity contribution < 1.29 is 0 Å². The van der Waals surface area contributed by atoms with Gasteiger partial charge in [-0.2, -0.15) is 0 Å². The molecular weight excluding hydrogens is 158 g/mol. The highest BCUT2D eigenvalue weighted by Crippen LogP contribution is 2.48. The summed E-state index contributed by atoms with van der Waals surface area (Å²) in [7, 11) is 0. The molecule has 2 N–H and O–H groups in total. The Hall–Kier alpha value is -0.980. The van der Waals surface area contributed by atoms with Crippen LogP contribution >= 0.6 is 0 Å². The molecule has 2 rings (SSSR count). The topological polar surface area (TPSA) is 26.0 Å². The molecule has 0 saturated heterocycles. The predicted molar refractivity (Wildman–Crippen MR) is 56.1 cm³/mol. The van der Waals surface area contributed by atoms with Crippen molar-refractivity contribution in [2.75, 3.05) is 0 Å². The molecule has 0 amide bonds. The van der Waals surface area contributed by atoms with Gasteiger partial charge in [0.25, 0.3) is 0 Å². The first kappa shape index (κ1) is 8.61. The Balaban J connectivity index is 2.51. The maximum Gasteiger partial charge on any atom is 0.0347 e. The zero-order valence-corrected chi connectivity index (χ0v) is 8.65. The summed E-state index contributed by atoms with van der Waals surface area (Å²) in [5, 5.41) is 0. The molecule has 0 unspecified atom stereocenters. The van der Waals surface area contributed by atoms with Crippen LogP contribution in [-0.4, -0.2) is 0 Å². The third kappa shape index (κ3) is 0.995. The third-order valence-corrected chi connectivity index (χ3v) is 3.60. The predicted octanol–water partition coefficient (Wildman–Crippen LogP) is 2.91. The number of hydrogen-bond acceptors (Lipinski definition) is 1. The molecule has 0 radical (unpaired) electrons. The van der Waals surface area contributed by atoms with Crippen LogP contribution in [0.4, 0.5) is 0 Å². The van der Waals surface area contributed by atoms with Crippen LogP contribution in [-0.2, 0) is 0 Å². The first-order valence-corrected chi connectivity index (χ1v) is 4.90. The van der Waals surface area contributed by atoms with Crippen LogP contribution in [0.2, 0.25) is 0 Å². The fourth-order valence-corrected chi connectivity index (χ4v) is 2.34. The summed E-state index contributed by atoms with van der Waals surface area (Å²) in [6, 6.07) is 0. The van der Waals surface area contributed by atoms with Gasteiger partial charge in [-0.1, -0.05) is 31.6 Å². The van der Waals surface area contributed by atoms with Crippen molar-refractivity contribution in [2.45, 2.75) is 33.6 Å². The van der Waals surface area contributed by atoms with Crippen LogP contribution < -0.4 is 5.73 Å². The van der Waals surface area contributed by atoms with E-state index in [9.17, 15) is 0 Å². The van der Waals surface area contributed by atoms with Gasteiger partial charge in [-0.15, -0.1) is 0 Å². The van der Waals surface area contributed by atoms with E-state index < -0.39 is 0 Å². The molecule has 0 aromatic rings. The van der Waals surface area contributed by atoms with E-state index in [-0.39, 0.29) is 5.41 Å². The number of allylic oxidation sites excluding steroid dienone is 5. The van der Waals surface area contributed by atoms with Crippen molar-refractivity contribution in [3.63, 3.8) is 0 Å². The van der Waals surface area contributed by atoms with Gasteiger partial charge in [0.2, 0.25) is 0 Å². The van der Waals surface area contributed by atoms with Crippen LogP contribution in [0.5, 0.6) is 0 Å². The molecule has 0 aliphatic heterocycles. The molecule has 0 heterocycles. The second kappa shape index (κ2) is 2.50. The van der Waals surface area contributed by atoms with E-state index >= 15 is 0 Å². The summed E-state index contributed by atoms with van der Waals surface area (Å²) in [4.78, 5) is 0. The second-order valence-corrected chi connectivity index (χ2v) is 4.50. The fraction of sp³-hybridized carbons (Fsp3) is 0.500. The molecule has 13 heavy (non-hydrogen) atoms. The molecule has 0 saturated carbocycles. The van der Waals surface area contributed by atoms with Gasteiger partial charge in [0, 0.05) is 11.1 Å². The van der Waals surface area contributed by atoms with E-state index in [4.69, 9.17) is 5.73 Å². The van der Waals surface area contributed by atoms with Gasteiger partial charge in [-0.25, -0.2) is 0 Å². The van der Waals surface area contributed by atoms with Crippen molar-refractivity contribution in [3.05, 3.63) is 34.6 Å². The molecule has 70 valence electrons. The van der Waals surface area contributed by atoms with E-state index in [0.717, 1.165) is 18.5 Å². The zero-order valence-electron chi connectivity index (χ0n) is 8.65. The molecule has 1 heteroatoms. The minimum absolute atomic E-state index is 0.199. The van der Waals surface area contributed by atoms with Crippen LogP contribution in [0.1, 0.15) is 33.6 Å². The van der Waals surface area contributed by atoms with Gasteiger partial charge in [0.1, 0.15) is 0 Å². The number of nitrogens with two attached hydrogens (primary N) is 1. The Kier molecular flexibility index (Phi) is 1.66. The summed E-state index contributed by atoms with van der Waals surface area (Å²) >= 11 is 0. The Labute approximate surface area is 80.0 Å². The molecule has 0 spiro atoms. The highest BCUT2D eigenvalue weighted by Gasteiger charge is 2.35. The molecule has 0 aromatic carbocycles. The standard InChI is InChI=1S/C12H17N/c1-8-11(13)9-6-4-5-7-10(9)12(8,2)3/h4-5H,6-7,13H2,1-3H3. The highest BCUT2D eigenvalue weighted by atomic mass is 14.6. The second-order valence-electron chi connectivity index (χ2n) is 4.50. The van der Waals surface area contributed by atoms with Crippen molar-refractivity contribution in [3.8, 4) is 0 Å². The molecule has 0 aromatic heterocycles. The molecular formula is C12H17N. The average molecular weight is 175 g/mol.